The number of carbonyl (C=O) groups is 1. The van der Waals surface area contributed by atoms with Gasteiger partial charge in [0.15, 0.2) is 0 Å². The Balaban J connectivity index is 1.59. The maximum atomic E-state index is 12.2. The third-order valence-corrected chi connectivity index (χ3v) is 4.91. The van der Waals surface area contributed by atoms with E-state index in [-0.39, 0.29) is 5.91 Å². The highest BCUT2D eigenvalue weighted by molar-refractivity contribution is 7.21. The van der Waals surface area contributed by atoms with Crippen molar-refractivity contribution in [1.82, 2.24) is 10.6 Å². The van der Waals surface area contributed by atoms with Crippen molar-refractivity contribution in [3.05, 3.63) is 28.6 Å². The van der Waals surface area contributed by atoms with Crippen LogP contribution in [0.15, 0.2) is 18.2 Å². The topological polar surface area (TPSA) is 67.2 Å². The minimum atomic E-state index is -0.0576. The molecule has 1 heterocycles. The van der Waals surface area contributed by atoms with Gasteiger partial charge in [0, 0.05) is 22.7 Å². The van der Waals surface area contributed by atoms with Crippen LogP contribution in [0.1, 0.15) is 34.5 Å². The van der Waals surface area contributed by atoms with Crippen LogP contribution in [0.3, 0.4) is 0 Å². The van der Waals surface area contributed by atoms with E-state index in [1.807, 2.05) is 19.1 Å². The van der Waals surface area contributed by atoms with Gasteiger partial charge in [0.05, 0.1) is 5.69 Å². The van der Waals surface area contributed by atoms with Crippen molar-refractivity contribution in [1.29, 1.82) is 0 Å². The second kappa shape index (κ2) is 6.03. The molecule has 3 rings (SSSR count). The summed E-state index contributed by atoms with van der Waals surface area (Å²) in [6.45, 7) is 3.69. The minimum absolute atomic E-state index is 0.0576. The van der Waals surface area contributed by atoms with Crippen molar-refractivity contribution in [2.24, 2.45) is 0 Å². The summed E-state index contributed by atoms with van der Waals surface area (Å²) in [5, 5.41) is 7.37. The number of carbonyl (C=O) groups excluding carboxylic acids is 1. The maximum absolute atomic E-state index is 12.2. The Morgan fingerprint density at radius 3 is 2.95 bits per heavy atom. The molecule has 5 heteroatoms. The highest BCUT2D eigenvalue weighted by Gasteiger charge is 2.19. The summed E-state index contributed by atoms with van der Waals surface area (Å²) in [4.78, 5) is 12.9. The van der Waals surface area contributed by atoms with Gasteiger partial charge in [-0.1, -0.05) is 12.1 Å². The Bertz CT molecular complexity index is 661. The minimum Gasteiger partial charge on any atom is -0.397 e. The van der Waals surface area contributed by atoms with Crippen molar-refractivity contribution < 1.29 is 4.79 Å². The van der Waals surface area contributed by atoms with Gasteiger partial charge in [-0.05, 0) is 44.4 Å². The second-order valence-electron chi connectivity index (χ2n) is 5.68. The molecule has 1 saturated carbocycles. The van der Waals surface area contributed by atoms with Gasteiger partial charge in [-0.2, -0.15) is 0 Å². The predicted molar refractivity (Wildman–Crippen MR) is 88.9 cm³/mol. The van der Waals surface area contributed by atoms with E-state index in [1.165, 1.54) is 29.7 Å². The van der Waals surface area contributed by atoms with Crippen LogP contribution in [0.4, 0.5) is 5.69 Å². The predicted octanol–water partition coefficient (Wildman–Crippen LogP) is 2.66. The molecule has 1 aromatic heterocycles. The zero-order chi connectivity index (χ0) is 14.8. The molecule has 4 N–H and O–H groups in total. The van der Waals surface area contributed by atoms with Crippen molar-refractivity contribution >= 4 is 33.0 Å². The van der Waals surface area contributed by atoms with E-state index >= 15 is 0 Å². The van der Waals surface area contributed by atoms with E-state index in [0.29, 0.717) is 17.1 Å². The molecule has 4 nitrogen and oxygen atoms in total. The summed E-state index contributed by atoms with van der Waals surface area (Å²) in [6, 6.07) is 6.82. The lowest BCUT2D eigenvalue weighted by molar-refractivity contribution is 0.0958. The second-order valence-corrected chi connectivity index (χ2v) is 6.73. The van der Waals surface area contributed by atoms with Crippen molar-refractivity contribution in [2.75, 3.05) is 18.8 Å². The standard InChI is InChI=1S/C16H21N3OS/c1-10-3-6-12-13(9-10)21-15(14(12)17)16(20)19-8-2-7-18-11-4-5-11/h3,6,9,11,18H,2,4-5,7-8,17H2,1H3,(H,19,20). The zero-order valence-electron chi connectivity index (χ0n) is 12.2. The number of hydrogen-bond acceptors (Lipinski definition) is 4. The maximum Gasteiger partial charge on any atom is 0.263 e. The number of nitrogens with one attached hydrogen (secondary N) is 2. The molecule has 1 amide bonds. The van der Waals surface area contributed by atoms with Crippen LogP contribution in [-0.4, -0.2) is 25.0 Å². The van der Waals surface area contributed by atoms with Crippen LogP contribution in [-0.2, 0) is 0 Å². The van der Waals surface area contributed by atoms with Gasteiger partial charge in [-0.15, -0.1) is 11.3 Å². The third kappa shape index (κ3) is 3.36. The third-order valence-electron chi connectivity index (χ3n) is 3.74. The number of rotatable bonds is 6. The number of benzene rings is 1. The molecule has 1 aliphatic carbocycles. The molecule has 0 unspecified atom stereocenters. The van der Waals surface area contributed by atoms with E-state index in [9.17, 15) is 4.79 Å². The number of aryl methyl sites for hydroxylation is 1. The molecule has 21 heavy (non-hydrogen) atoms. The quantitative estimate of drug-likeness (QED) is 0.719. The number of hydrogen-bond donors (Lipinski definition) is 3. The summed E-state index contributed by atoms with van der Waals surface area (Å²) < 4.78 is 1.08. The molecule has 0 radical (unpaired) electrons. The summed E-state index contributed by atoms with van der Waals surface area (Å²) >= 11 is 1.47. The summed E-state index contributed by atoms with van der Waals surface area (Å²) in [5.41, 5.74) is 7.89. The fourth-order valence-electron chi connectivity index (χ4n) is 2.36. The van der Waals surface area contributed by atoms with Crippen molar-refractivity contribution in [2.45, 2.75) is 32.2 Å². The fraction of sp³-hybridized carbons (Fsp3) is 0.438. The van der Waals surface area contributed by atoms with Gasteiger partial charge >= 0.3 is 0 Å². The first-order valence-electron chi connectivity index (χ1n) is 7.45. The average Bonchev–Trinajstić information content (AvgIpc) is 3.22. The van der Waals surface area contributed by atoms with E-state index in [2.05, 4.69) is 16.7 Å². The number of anilines is 1. The van der Waals surface area contributed by atoms with E-state index in [1.54, 1.807) is 0 Å². The van der Waals surface area contributed by atoms with Crippen LogP contribution in [0, 0.1) is 6.92 Å². The number of nitrogen functional groups attached to an aromatic ring is 1. The summed E-state index contributed by atoms with van der Waals surface area (Å²) in [6.07, 6.45) is 3.54. The normalized spacial score (nSPS) is 14.5. The first kappa shape index (κ1) is 14.4. The zero-order valence-corrected chi connectivity index (χ0v) is 13.1. The van der Waals surface area contributed by atoms with E-state index in [4.69, 9.17) is 5.73 Å². The van der Waals surface area contributed by atoms with Crippen LogP contribution in [0.25, 0.3) is 10.1 Å². The van der Waals surface area contributed by atoms with Crippen LogP contribution < -0.4 is 16.4 Å². The Morgan fingerprint density at radius 1 is 1.38 bits per heavy atom. The van der Waals surface area contributed by atoms with E-state index < -0.39 is 0 Å². The molecular formula is C16H21N3OS. The van der Waals surface area contributed by atoms with Gasteiger partial charge in [0.1, 0.15) is 4.88 Å². The first-order valence-corrected chi connectivity index (χ1v) is 8.27. The Labute approximate surface area is 128 Å². The van der Waals surface area contributed by atoms with Crippen LogP contribution in [0.5, 0.6) is 0 Å². The lowest BCUT2D eigenvalue weighted by Gasteiger charge is -2.05. The molecule has 0 saturated heterocycles. The number of thiophene rings is 1. The largest absolute Gasteiger partial charge is 0.397 e. The lowest BCUT2D eigenvalue weighted by Crippen LogP contribution is -2.27. The molecule has 0 atom stereocenters. The van der Waals surface area contributed by atoms with Crippen molar-refractivity contribution in [3.63, 3.8) is 0 Å². The van der Waals surface area contributed by atoms with Crippen molar-refractivity contribution in [3.8, 4) is 0 Å². The van der Waals surface area contributed by atoms with Gasteiger partial charge in [0.2, 0.25) is 0 Å². The molecular weight excluding hydrogens is 282 g/mol. The SMILES string of the molecule is Cc1ccc2c(N)c(C(=O)NCCCNC3CC3)sc2c1. The Morgan fingerprint density at radius 2 is 2.19 bits per heavy atom. The number of nitrogens with two attached hydrogens (primary N) is 1. The molecule has 0 aliphatic heterocycles. The highest BCUT2D eigenvalue weighted by Crippen LogP contribution is 2.34. The molecule has 112 valence electrons. The molecule has 1 fully saturated rings. The highest BCUT2D eigenvalue weighted by atomic mass is 32.1. The molecule has 0 spiro atoms. The van der Waals surface area contributed by atoms with E-state index in [0.717, 1.165) is 29.1 Å². The number of fused-ring (bicyclic) bond motifs is 1. The van der Waals surface area contributed by atoms with Gasteiger partial charge in [-0.25, -0.2) is 0 Å². The van der Waals surface area contributed by atoms with Gasteiger partial charge in [0.25, 0.3) is 5.91 Å². The Kier molecular flexibility index (Phi) is 4.12. The van der Waals surface area contributed by atoms with Gasteiger partial charge < -0.3 is 16.4 Å². The van der Waals surface area contributed by atoms with Crippen LogP contribution >= 0.6 is 11.3 Å². The summed E-state index contributed by atoms with van der Waals surface area (Å²) in [7, 11) is 0. The van der Waals surface area contributed by atoms with Gasteiger partial charge in [-0.3, -0.25) is 4.79 Å². The Hall–Kier alpha value is -1.59. The molecule has 1 aromatic carbocycles. The summed E-state index contributed by atoms with van der Waals surface area (Å²) in [5.74, 6) is -0.0576. The fourth-order valence-corrected chi connectivity index (χ4v) is 3.49. The lowest BCUT2D eigenvalue weighted by atomic mass is 10.1. The molecule has 1 aliphatic rings. The monoisotopic (exact) mass is 303 g/mol. The number of amides is 1. The first-order chi connectivity index (χ1) is 10.1. The smallest absolute Gasteiger partial charge is 0.263 e. The average molecular weight is 303 g/mol. The molecule has 2 aromatic rings. The molecule has 0 bridgehead atoms. The van der Waals surface area contributed by atoms with Crippen LogP contribution in [0.2, 0.25) is 0 Å².